The number of aromatic nitrogens is 1. The molecule has 3 amide bonds. The van der Waals surface area contributed by atoms with Crippen LogP contribution in [0.25, 0.3) is 10.2 Å². The minimum absolute atomic E-state index is 0.153. The van der Waals surface area contributed by atoms with Crippen LogP contribution >= 0.6 is 32.9 Å². The molecule has 0 spiro atoms. The van der Waals surface area contributed by atoms with E-state index in [0.29, 0.717) is 5.57 Å². The van der Waals surface area contributed by atoms with E-state index in [4.69, 9.17) is 0 Å². The van der Waals surface area contributed by atoms with Crippen LogP contribution in [0.1, 0.15) is 34.6 Å². The van der Waals surface area contributed by atoms with Crippen LogP contribution in [-0.4, -0.2) is 55.0 Å². The number of carboxylic acid groups (broad SMARTS) is 1. The summed E-state index contributed by atoms with van der Waals surface area (Å²) in [5.41, 5.74) is 1.60. The van der Waals surface area contributed by atoms with Crippen molar-refractivity contribution in [1.29, 1.82) is 0 Å². The lowest BCUT2D eigenvalue weighted by molar-refractivity contribution is -0.151. The molecule has 1 saturated heterocycles. The first-order chi connectivity index (χ1) is 16.3. The first-order valence-electron chi connectivity index (χ1n) is 10.2. The quantitative estimate of drug-likeness (QED) is 0.227. The van der Waals surface area contributed by atoms with Crippen molar-refractivity contribution < 1.29 is 24.3 Å². The van der Waals surface area contributed by atoms with Crippen molar-refractivity contribution in [3.63, 3.8) is 0 Å². The minimum atomic E-state index is -1.25. The second-order valence-corrected chi connectivity index (χ2v) is 11.4. The zero-order chi connectivity index (χ0) is 24.1. The number of nitrogens with zero attached hydrogens (tertiary/aromatic N) is 3. The Balaban J connectivity index is 1.48. The number of fused-ring (bicyclic) bond motifs is 2. The number of allylic oxidation sites excluding steroid dienone is 1. The average Bonchev–Trinajstić information content (AvgIpc) is 3.33. The van der Waals surface area contributed by atoms with Gasteiger partial charge in [0.05, 0.1) is 21.3 Å². The van der Waals surface area contributed by atoms with Gasteiger partial charge >= 0.3 is 5.97 Å². The Kier molecular flexibility index (Phi) is 5.70. The molecule has 8 nitrogen and oxygen atoms in total. The number of hydrogen-bond donors (Lipinski definition) is 1. The van der Waals surface area contributed by atoms with Crippen molar-refractivity contribution in [3.05, 3.63) is 70.9 Å². The highest BCUT2D eigenvalue weighted by Gasteiger charge is 2.58. The Hall–Kier alpha value is -3.15. The summed E-state index contributed by atoms with van der Waals surface area (Å²) in [5.74, 6) is -2.95. The number of rotatable bonds is 6. The highest BCUT2D eigenvalue weighted by atomic mass is 33.1. The van der Waals surface area contributed by atoms with Gasteiger partial charge in [-0.1, -0.05) is 35.1 Å². The number of β-lactam (4-membered cyclic amide) rings is 1. The van der Waals surface area contributed by atoms with E-state index in [1.165, 1.54) is 32.9 Å². The molecule has 1 aromatic heterocycles. The maximum Gasteiger partial charge on any atom is 0.352 e. The van der Waals surface area contributed by atoms with E-state index >= 15 is 0 Å². The topological polar surface area (TPSA) is 108 Å². The van der Waals surface area contributed by atoms with E-state index in [-0.39, 0.29) is 16.8 Å². The van der Waals surface area contributed by atoms with E-state index in [2.05, 4.69) is 4.98 Å². The number of likely N-dealkylation sites (tertiary alicyclic amines) is 1. The summed E-state index contributed by atoms with van der Waals surface area (Å²) in [6.45, 7) is 3.21. The SMILES string of the molecule is CC(C)=C(C(=O)O)N1C(=O)C(N2C(=O)c3ccccc3C2=O)C1SSc1nc2ccccc2s1. The molecule has 3 heterocycles. The fourth-order valence-corrected chi connectivity index (χ4v) is 7.96. The molecule has 2 aromatic carbocycles. The standard InChI is InChI=1S/C23H17N3O5S3/c1-11(2)16(22(30)31)26-20(29)17(25-18(27)12-7-3-4-8-13(12)19(25)28)21(26)33-34-23-24-14-9-5-6-10-15(14)32-23/h3-10,17,21H,1-2H3,(H,30,31). The third-order valence-electron chi connectivity index (χ3n) is 5.53. The second-order valence-electron chi connectivity index (χ2n) is 7.85. The van der Waals surface area contributed by atoms with Gasteiger partial charge in [-0.15, -0.1) is 11.3 Å². The molecule has 0 aliphatic carbocycles. The van der Waals surface area contributed by atoms with Crippen molar-refractivity contribution in [2.45, 2.75) is 29.6 Å². The zero-order valence-electron chi connectivity index (χ0n) is 17.9. The van der Waals surface area contributed by atoms with E-state index in [1.807, 2.05) is 24.3 Å². The molecule has 2 atom stereocenters. The number of hydrogen-bond acceptors (Lipinski definition) is 8. The van der Waals surface area contributed by atoms with Gasteiger partial charge in [-0.2, -0.15) is 0 Å². The van der Waals surface area contributed by atoms with Gasteiger partial charge in [0.25, 0.3) is 17.7 Å². The molecule has 172 valence electrons. The second kappa shape index (κ2) is 8.57. The number of amides is 3. The fourth-order valence-electron chi connectivity index (χ4n) is 4.02. The minimum Gasteiger partial charge on any atom is -0.477 e. The van der Waals surface area contributed by atoms with Crippen molar-refractivity contribution in [2.75, 3.05) is 0 Å². The number of carboxylic acids is 1. The third kappa shape index (κ3) is 3.51. The summed E-state index contributed by atoms with van der Waals surface area (Å²) in [5, 5.41) is 8.98. The summed E-state index contributed by atoms with van der Waals surface area (Å²) in [7, 11) is 2.50. The van der Waals surface area contributed by atoms with Crippen molar-refractivity contribution >= 4 is 66.8 Å². The molecular weight excluding hydrogens is 494 g/mol. The van der Waals surface area contributed by atoms with Gasteiger partial charge < -0.3 is 5.11 Å². The highest BCUT2D eigenvalue weighted by molar-refractivity contribution is 8.77. The van der Waals surface area contributed by atoms with Crippen LogP contribution < -0.4 is 0 Å². The predicted molar refractivity (Wildman–Crippen MR) is 130 cm³/mol. The number of thiazole rings is 1. The lowest BCUT2D eigenvalue weighted by Crippen LogP contribution is -2.70. The van der Waals surface area contributed by atoms with Crippen molar-refractivity contribution in [1.82, 2.24) is 14.8 Å². The van der Waals surface area contributed by atoms with Crippen LogP contribution in [0.15, 0.2) is 64.1 Å². The Morgan fingerprint density at radius 2 is 1.62 bits per heavy atom. The Bertz CT molecular complexity index is 1340. The molecule has 0 bridgehead atoms. The van der Waals surface area contributed by atoms with Crippen LogP contribution in [0.2, 0.25) is 0 Å². The largest absolute Gasteiger partial charge is 0.477 e. The van der Waals surface area contributed by atoms with Gasteiger partial charge in [-0.05, 0) is 54.5 Å². The maximum atomic E-state index is 13.3. The molecule has 0 saturated carbocycles. The van der Waals surface area contributed by atoms with Crippen molar-refractivity contribution in [3.8, 4) is 0 Å². The highest BCUT2D eigenvalue weighted by Crippen LogP contribution is 2.48. The van der Waals surface area contributed by atoms with Crippen LogP contribution in [0.3, 0.4) is 0 Å². The molecule has 1 fully saturated rings. The van der Waals surface area contributed by atoms with E-state index in [1.54, 1.807) is 38.1 Å². The van der Waals surface area contributed by atoms with Crippen molar-refractivity contribution in [2.24, 2.45) is 0 Å². The van der Waals surface area contributed by atoms with Crippen LogP contribution in [0, 0.1) is 0 Å². The number of benzene rings is 2. The lowest BCUT2D eigenvalue weighted by Gasteiger charge is -2.48. The number of carbonyl (C=O) groups excluding carboxylic acids is 3. The molecule has 2 aliphatic rings. The van der Waals surface area contributed by atoms with E-state index in [0.717, 1.165) is 24.4 Å². The summed E-state index contributed by atoms with van der Waals surface area (Å²) in [6, 6.07) is 12.9. The summed E-state index contributed by atoms with van der Waals surface area (Å²) in [6.07, 6.45) is 0. The van der Waals surface area contributed by atoms with Gasteiger partial charge in [0.2, 0.25) is 0 Å². The smallest absolute Gasteiger partial charge is 0.352 e. The molecule has 0 radical (unpaired) electrons. The van der Waals surface area contributed by atoms with Gasteiger partial charge in [0, 0.05) is 0 Å². The van der Waals surface area contributed by atoms with Gasteiger partial charge in [0.15, 0.2) is 10.4 Å². The average molecular weight is 512 g/mol. The summed E-state index contributed by atoms with van der Waals surface area (Å²) >= 11 is 1.47. The molecule has 34 heavy (non-hydrogen) atoms. The molecule has 1 N–H and O–H groups in total. The molecule has 2 unspecified atom stereocenters. The van der Waals surface area contributed by atoms with E-state index in [9.17, 15) is 24.3 Å². The van der Waals surface area contributed by atoms with Crippen LogP contribution in [-0.2, 0) is 9.59 Å². The summed E-state index contributed by atoms with van der Waals surface area (Å²) in [4.78, 5) is 58.0. The Morgan fingerprint density at radius 1 is 1.00 bits per heavy atom. The molecule has 5 rings (SSSR count). The molecular formula is C23H17N3O5S3. The first-order valence-corrected chi connectivity index (χ1v) is 13.2. The summed E-state index contributed by atoms with van der Waals surface area (Å²) < 4.78 is 1.72. The van der Waals surface area contributed by atoms with Gasteiger partial charge in [0.1, 0.15) is 11.1 Å². The van der Waals surface area contributed by atoms with Crippen LogP contribution in [0.4, 0.5) is 0 Å². The van der Waals surface area contributed by atoms with Crippen LogP contribution in [0.5, 0.6) is 0 Å². The lowest BCUT2D eigenvalue weighted by atomic mass is 10.0. The Morgan fingerprint density at radius 3 is 2.21 bits per heavy atom. The molecule has 2 aliphatic heterocycles. The Labute approximate surface area is 206 Å². The van der Waals surface area contributed by atoms with Gasteiger partial charge in [-0.25, -0.2) is 9.78 Å². The number of imide groups is 1. The molecule has 11 heteroatoms. The number of para-hydroxylation sites is 1. The molecule has 3 aromatic rings. The maximum absolute atomic E-state index is 13.3. The predicted octanol–water partition coefficient (Wildman–Crippen LogP) is 4.25. The van der Waals surface area contributed by atoms with E-state index < -0.39 is 35.1 Å². The normalized spacial score (nSPS) is 19.4. The number of aliphatic carboxylic acids is 1. The fraction of sp³-hybridized carbons (Fsp3) is 0.174. The third-order valence-corrected chi connectivity index (χ3v) is 9.53. The monoisotopic (exact) mass is 511 g/mol. The zero-order valence-corrected chi connectivity index (χ0v) is 20.4. The van der Waals surface area contributed by atoms with Gasteiger partial charge in [-0.3, -0.25) is 24.2 Å². The number of carbonyl (C=O) groups is 4. The first kappa shape index (κ1) is 22.6.